The second-order valence-electron chi connectivity index (χ2n) is 7.35. The molecule has 0 radical (unpaired) electrons. The fraction of sp³-hybridized carbons (Fsp3) is 0.261. The molecule has 4 rings (SSSR count). The fourth-order valence-electron chi connectivity index (χ4n) is 3.44. The number of nitriles is 1. The SMILES string of the molecule is N#Cc1cc(-c2ccnc(NC3CCOCC3)n2)ccc1NC(=O)Cc1cccnc1Cl. The molecule has 0 unspecified atom stereocenters. The van der Waals surface area contributed by atoms with Gasteiger partial charge in [0.2, 0.25) is 11.9 Å². The summed E-state index contributed by atoms with van der Waals surface area (Å²) in [7, 11) is 0. The summed E-state index contributed by atoms with van der Waals surface area (Å²) >= 11 is 6.03. The molecule has 1 aliphatic rings. The summed E-state index contributed by atoms with van der Waals surface area (Å²) in [4.78, 5) is 25.3. The third-order valence-corrected chi connectivity index (χ3v) is 5.45. The zero-order valence-corrected chi connectivity index (χ0v) is 18.0. The number of pyridine rings is 1. The number of aromatic nitrogens is 3. The van der Waals surface area contributed by atoms with Crippen LogP contribution in [0, 0.1) is 11.3 Å². The number of hydrogen-bond donors (Lipinski definition) is 2. The third-order valence-electron chi connectivity index (χ3n) is 5.11. The van der Waals surface area contributed by atoms with Crippen molar-refractivity contribution in [2.24, 2.45) is 0 Å². The number of halogens is 1. The van der Waals surface area contributed by atoms with Crippen LogP contribution < -0.4 is 10.6 Å². The number of carbonyl (C=O) groups is 1. The monoisotopic (exact) mass is 448 g/mol. The van der Waals surface area contributed by atoms with Gasteiger partial charge in [-0.2, -0.15) is 5.26 Å². The fourth-order valence-corrected chi connectivity index (χ4v) is 3.62. The molecular formula is C23H21ClN6O2. The minimum atomic E-state index is -0.283. The van der Waals surface area contributed by atoms with Crippen LogP contribution in [0.3, 0.4) is 0 Å². The summed E-state index contributed by atoms with van der Waals surface area (Å²) < 4.78 is 5.38. The smallest absolute Gasteiger partial charge is 0.228 e. The first-order valence-electron chi connectivity index (χ1n) is 10.2. The molecule has 1 saturated heterocycles. The molecule has 1 aromatic carbocycles. The van der Waals surface area contributed by atoms with E-state index in [-0.39, 0.29) is 23.5 Å². The van der Waals surface area contributed by atoms with Gasteiger partial charge in [0.25, 0.3) is 0 Å². The molecule has 162 valence electrons. The highest BCUT2D eigenvalue weighted by molar-refractivity contribution is 6.30. The molecule has 0 saturated carbocycles. The van der Waals surface area contributed by atoms with E-state index in [1.54, 1.807) is 42.7 Å². The highest BCUT2D eigenvalue weighted by Gasteiger charge is 2.15. The lowest BCUT2D eigenvalue weighted by molar-refractivity contribution is -0.115. The van der Waals surface area contributed by atoms with Crippen molar-refractivity contribution in [2.45, 2.75) is 25.3 Å². The van der Waals surface area contributed by atoms with Gasteiger partial charge < -0.3 is 15.4 Å². The Morgan fingerprint density at radius 3 is 2.81 bits per heavy atom. The molecule has 1 fully saturated rings. The van der Waals surface area contributed by atoms with E-state index < -0.39 is 0 Å². The maximum Gasteiger partial charge on any atom is 0.228 e. The minimum Gasteiger partial charge on any atom is -0.381 e. The molecule has 2 N–H and O–H groups in total. The molecule has 8 nitrogen and oxygen atoms in total. The van der Waals surface area contributed by atoms with Gasteiger partial charge in [-0.25, -0.2) is 15.0 Å². The highest BCUT2D eigenvalue weighted by Crippen LogP contribution is 2.25. The Labute approximate surface area is 190 Å². The number of carbonyl (C=O) groups excluding carboxylic acids is 1. The molecule has 9 heteroatoms. The number of nitrogens with one attached hydrogen (secondary N) is 2. The number of amides is 1. The van der Waals surface area contributed by atoms with Gasteiger partial charge in [0.1, 0.15) is 11.2 Å². The van der Waals surface area contributed by atoms with E-state index in [1.807, 2.05) is 6.07 Å². The van der Waals surface area contributed by atoms with E-state index >= 15 is 0 Å². The summed E-state index contributed by atoms with van der Waals surface area (Å²) in [5.41, 5.74) is 2.83. The van der Waals surface area contributed by atoms with Gasteiger partial charge in [-0.3, -0.25) is 4.79 Å². The first kappa shape index (κ1) is 21.7. The van der Waals surface area contributed by atoms with Crippen LogP contribution in [-0.2, 0) is 16.0 Å². The van der Waals surface area contributed by atoms with Crippen LogP contribution in [0.5, 0.6) is 0 Å². The standard InChI is InChI=1S/C23H21ClN6O2/c24-22-16(2-1-8-26-22)13-21(31)29-19-4-3-15(12-17(19)14-25)20-5-9-27-23(30-20)28-18-6-10-32-11-7-18/h1-5,8-9,12,18H,6-7,10-11,13H2,(H,29,31)(H,27,28,30). The van der Waals surface area contributed by atoms with Gasteiger partial charge in [0, 0.05) is 37.2 Å². The lowest BCUT2D eigenvalue weighted by Gasteiger charge is -2.23. The Balaban J connectivity index is 1.48. The molecule has 0 spiro atoms. The average molecular weight is 449 g/mol. The Hall–Kier alpha value is -3.54. The molecule has 32 heavy (non-hydrogen) atoms. The number of hydrogen-bond acceptors (Lipinski definition) is 7. The molecule has 1 aliphatic heterocycles. The van der Waals surface area contributed by atoms with Crippen molar-refractivity contribution < 1.29 is 9.53 Å². The number of anilines is 2. The van der Waals surface area contributed by atoms with E-state index in [0.717, 1.165) is 31.6 Å². The maximum absolute atomic E-state index is 12.4. The first-order chi connectivity index (χ1) is 15.6. The lowest BCUT2D eigenvalue weighted by Crippen LogP contribution is -2.28. The van der Waals surface area contributed by atoms with Crippen molar-refractivity contribution in [3.63, 3.8) is 0 Å². The Kier molecular flexibility index (Phi) is 6.90. The molecule has 0 bridgehead atoms. The van der Waals surface area contributed by atoms with Gasteiger partial charge in [0.05, 0.1) is 23.4 Å². The normalized spacial score (nSPS) is 13.9. The summed E-state index contributed by atoms with van der Waals surface area (Å²) in [6.07, 6.45) is 5.12. The van der Waals surface area contributed by atoms with E-state index in [2.05, 4.69) is 31.7 Å². The van der Waals surface area contributed by atoms with Crippen LogP contribution in [0.25, 0.3) is 11.3 Å². The zero-order chi connectivity index (χ0) is 22.3. The van der Waals surface area contributed by atoms with E-state index in [0.29, 0.717) is 28.5 Å². The van der Waals surface area contributed by atoms with Crippen LogP contribution in [0.4, 0.5) is 11.6 Å². The summed E-state index contributed by atoms with van der Waals surface area (Å²) in [5, 5.41) is 16.0. The Morgan fingerprint density at radius 1 is 1.19 bits per heavy atom. The van der Waals surface area contributed by atoms with Crippen molar-refractivity contribution in [1.29, 1.82) is 5.26 Å². The van der Waals surface area contributed by atoms with Crippen molar-refractivity contribution in [2.75, 3.05) is 23.8 Å². The molecule has 2 aromatic heterocycles. The van der Waals surface area contributed by atoms with E-state index in [9.17, 15) is 10.1 Å². The van der Waals surface area contributed by atoms with Crippen LogP contribution in [-0.4, -0.2) is 40.1 Å². The van der Waals surface area contributed by atoms with Crippen LogP contribution in [0.2, 0.25) is 5.15 Å². The van der Waals surface area contributed by atoms with Crippen molar-refractivity contribution >= 4 is 29.1 Å². The van der Waals surface area contributed by atoms with Crippen LogP contribution in [0.1, 0.15) is 24.0 Å². The number of rotatable bonds is 6. The lowest BCUT2D eigenvalue weighted by atomic mass is 10.1. The van der Waals surface area contributed by atoms with Crippen molar-refractivity contribution in [3.8, 4) is 17.3 Å². The average Bonchev–Trinajstić information content (AvgIpc) is 2.81. The molecule has 3 aromatic rings. The third kappa shape index (κ3) is 5.38. The van der Waals surface area contributed by atoms with Gasteiger partial charge in [0.15, 0.2) is 0 Å². The van der Waals surface area contributed by atoms with Crippen LogP contribution >= 0.6 is 11.6 Å². The molecule has 1 amide bonds. The second-order valence-corrected chi connectivity index (χ2v) is 7.70. The van der Waals surface area contributed by atoms with Crippen molar-refractivity contribution in [3.05, 3.63) is 65.1 Å². The summed E-state index contributed by atoms with van der Waals surface area (Å²) in [5.74, 6) is 0.257. The largest absolute Gasteiger partial charge is 0.381 e. The van der Waals surface area contributed by atoms with E-state index in [1.165, 1.54) is 0 Å². The number of nitrogens with zero attached hydrogens (tertiary/aromatic N) is 4. The second kappa shape index (κ2) is 10.2. The Morgan fingerprint density at radius 2 is 2.03 bits per heavy atom. The Bertz CT molecular complexity index is 1160. The maximum atomic E-state index is 12.4. The van der Waals surface area contributed by atoms with Gasteiger partial charge >= 0.3 is 0 Å². The van der Waals surface area contributed by atoms with Gasteiger partial charge in [-0.15, -0.1) is 0 Å². The molecule has 3 heterocycles. The zero-order valence-electron chi connectivity index (χ0n) is 17.2. The molecule has 0 aliphatic carbocycles. The molecule has 0 atom stereocenters. The predicted molar refractivity (Wildman–Crippen MR) is 121 cm³/mol. The van der Waals surface area contributed by atoms with Crippen molar-refractivity contribution in [1.82, 2.24) is 15.0 Å². The topological polar surface area (TPSA) is 113 Å². The quantitative estimate of drug-likeness (QED) is 0.551. The number of ether oxygens (including phenoxy) is 1. The first-order valence-corrected chi connectivity index (χ1v) is 10.6. The van der Waals surface area contributed by atoms with Crippen LogP contribution in [0.15, 0.2) is 48.8 Å². The number of benzene rings is 1. The highest BCUT2D eigenvalue weighted by atomic mass is 35.5. The predicted octanol–water partition coefficient (Wildman–Crippen LogP) is 3.84. The summed E-state index contributed by atoms with van der Waals surface area (Å²) in [6.45, 7) is 1.45. The molecular weight excluding hydrogens is 428 g/mol. The van der Waals surface area contributed by atoms with Gasteiger partial charge in [-0.05, 0) is 42.7 Å². The van der Waals surface area contributed by atoms with E-state index in [4.69, 9.17) is 16.3 Å². The summed E-state index contributed by atoms with van der Waals surface area (Å²) in [6, 6.07) is 12.9. The van der Waals surface area contributed by atoms with Gasteiger partial charge in [-0.1, -0.05) is 23.7 Å². The minimum absolute atomic E-state index is 0.0619.